The van der Waals surface area contributed by atoms with Gasteiger partial charge in [-0.15, -0.1) is 0 Å². The van der Waals surface area contributed by atoms with Crippen LogP contribution in [-0.4, -0.2) is 54.4 Å². The number of methoxy groups -OCH3 is 1. The quantitative estimate of drug-likeness (QED) is 0.582. The highest BCUT2D eigenvalue weighted by Crippen LogP contribution is 2.16. The van der Waals surface area contributed by atoms with Crippen LogP contribution < -0.4 is 10.6 Å². The minimum atomic E-state index is -5.14. The highest BCUT2D eigenvalue weighted by Gasteiger charge is 2.42. The van der Waals surface area contributed by atoms with Gasteiger partial charge < -0.3 is 20.5 Å². The summed E-state index contributed by atoms with van der Waals surface area (Å²) in [6, 6.07) is -2.98. The fourth-order valence-corrected chi connectivity index (χ4v) is 1.50. The Labute approximate surface area is 125 Å². The van der Waals surface area contributed by atoms with Crippen LogP contribution in [0.4, 0.5) is 13.2 Å². The molecule has 22 heavy (non-hydrogen) atoms. The molecule has 0 aromatic carbocycles. The predicted molar refractivity (Wildman–Crippen MR) is 68.5 cm³/mol. The van der Waals surface area contributed by atoms with E-state index in [0.29, 0.717) is 0 Å². The molecule has 0 radical (unpaired) electrons. The van der Waals surface area contributed by atoms with E-state index in [1.165, 1.54) is 20.8 Å². The maximum atomic E-state index is 12.3. The fourth-order valence-electron chi connectivity index (χ4n) is 1.50. The Morgan fingerprint density at radius 1 is 1.05 bits per heavy atom. The lowest BCUT2D eigenvalue weighted by Crippen LogP contribution is -2.57. The second kappa shape index (κ2) is 7.97. The molecule has 7 nitrogen and oxygen atoms in total. The molecule has 0 spiro atoms. The van der Waals surface area contributed by atoms with Gasteiger partial charge in [0, 0.05) is 0 Å². The van der Waals surface area contributed by atoms with Crippen LogP contribution in [0.1, 0.15) is 20.8 Å². The second-order valence-corrected chi connectivity index (χ2v) is 4.94. The van der Waals surface area contributed by atoms with Gasteiger partial charge in [-0.3, -0.25) is 9.59 Å². The van der Waals surface area contributed by atoms with Crippen molar-refractivity contribution in [3.8, 4) is 0 Å². The maximum absolute atomic E-state index is 12.3. The number of halogens is 3. The van der Waals surface area contributed by atoms with Gasteiger partial charge in [0.1, 0.15) is 6.04 Å². The van der Waals surface area contributed by atoms with Crippen LogP contribution >= 0.6 is 0 Å². The van der Waals surface area contributed by atoms with Crippen LogP contribution in [0, 0.1) is 5.92 Å². The number of amides is 2. The molecule has 0 aromatic rings. The third kappa shape index (κ3) is 5.88. The molecule has 0 fully saturated rings. The largest absolute Gasteiger partial charge is 0.471 e. The lowest BCUT2D eigenvalue weighted by atomic mass is 10.0. The molecule has 0 aliphatic heterocycles. The number of carbonyl (C=O) groups is 3. The molecule has 128 valence electrons. The summed E-state index contributed by atoms with van der Waals surface area (Å²) in [6.07, 6.45) is -6.47. The zero-order chi connectivity index (χ0) is 17.7. The summed E-state index contributed by atoms with van der Waals surface area (Å²) in [5.41, 5.74) is 0. The van der Waals surface area contributed by atoms with Gasteiger partial charge >= 0.3 is 18.1 Å². The van der Waals surface area contributed by atoms with E-state index in [0.717, 1.165) is 7.11 Å². The first kappa shape index (κ1) is 20.2. The van der Waals surface area contributed by atoms with Crippen molar-refractivity contribution in [3.05, 3.63) is 0 Å². The Bertz CT molecular complexity index is 423. The third-order valence-electron chi connectivity index (χ3n) is 2.73. The predicted octanol–water partition coefficient (Wildman–Crippen LogP) is -0.272. The molecule has 10 heteroatoms. The minimum absolute atomic E-state index is 0.682. The van der Waals surface area contributed by atoms with Crippen LogP contribution in [0.15, 0.2) is 0 Å². The average molecular weight is 328 g/mol. The molecule has 0 aromatic heterocycles. The van der Waals surface area contributed by atoms with Gasteiger partial charge in [-0.1, -0.05) is 13.8 Å². The van der Waals surface area contributed by atoms with Crippen molar-refractivity contribution in [2.75, 3.05) is 7.11 Å². The van der Waals surface area contributed by atoms with Gasteiger partial charge in [0.2, 0.25) is 5.91 Å². The van der Waals surface area contributed by atoms with Gasteiger partial charge in [-0.25, -0.2) is 4.79 Å². The van der Waals surface area contributed by atoms with Gasteiger partial charge in [0.05, 0.1) is 13.2 Å². The summed E-state index contributed by atoms with van der Waals surface area (Å²) >= 11 is 0. The Morgan fingerprint density at radius 3 is 1.86 bits per heavy atom. The molecule has 0 saturated heterocycles. The molecule has 0 heterocycles. The molecule has 2 amide bonds. The number of aliphatic hydroxyl groups excluding tert-OH is 1. The van der Waals surface area contributed by atoms with Crippen molar-refractivity contribution in [2.24, 2.45) is 5.92 Å². The van der Waals surface area contributed by atoms with E-state index in [9.17, 15) is 32.7 Å². The van der Waals surface area contributed by atoms with E-state index >= 15 is 0 Å². The van der Waals surface area contributed by atoms with Crippen molar-refractivity contribution in [1.82, 2.24) is 10.6 Å². The van der Waals surface area contributed by atoms with Crippen molar-refractivity contribution in [2.45, 2.75) is 45.1 Å². The van der Waals surface area contributed by atoms with Gasteiger partial charge in [0.15, 0.2) is 6.04 Å². The summed E-state index contributed by atoms with van der Waals surface area (Å²) in [6.45, 7) is 4.02. The highest BCUT2D eigenvalue weighted by molar-refractivity contribution is 5.92. The topological polar surface area (TPSA) is 105 Å². The first-order chi connectivity index (χ1) is 9.91. The van der Waals surface area contributed by atoms with Crippen LogP contribution in [0.2, 0.25) is 0 Å². The molecular formula is C12H19F3N2O5. The number of nitrogens with one attached hydrogen (secondary N) is 2. The maximum Gasteiger partial charge on any atom is 0.471 e. The second-order valence-electron chi connectivity index (χ2n) is 4.94. The normalized spacial score (nSPS) is 15.7. The number of hydrogen-bond donors (Lipinski definition) is 3. The van der Waals surface area contributed by atoms with Gasteiger partial charge in [-0.2, -0.15) is 13.2 Å². The first-order valence-electron chi connectivity index (χ1n) is 6.35. The average Bonchev–Trinajstić information content (AvgIpc) is 2.38. The van der Waals surface area contributed by atoms with Crippen LogP contribution in [0.25, 0.3) is 0 Å². The number of ether oxygens (including phenoxy) is 1. The lowest BCUT2D eigenvalue weighted by Gasteiger charge is -2.25. The molecular weight excluding hydrogens is 309 g/mol. The zero-order valence-electron chi connectivity index (χ0n) is 12.5. The Kier molecular flexibility index (Phi) is 7.30. The molecule has 0 unspecified atom stereocenters. The van der Waals surface area contributed by atoms with E-state index in [4.69, 9.17) is 0 Å². The summed E-state index contributed by atoms with van der Waals surface area (Å²) in [4.78, 5) is 34.3. The molecule has 0 saturated carbocycles. The van der Waals surface area contributed by atoms with E-state index in [2.05, 4.69) is 10.1 Å². The third-order valence-corrected chi connectivity index (χ3v) is 2.73. The van der Waals surface area contributed by atoms with Crippen molar-refractivity contribution in [1.29, 1.82) is 0 Å². The Morgan fingerprint density at radius 2 is 1.55 bits per heavy atom. The van der Waals surface area contributed by atoms with Crippen LogP contribution in [-0.2, 0) is 19.1 Å². The van der Waals surface area contributed by atoms with Crippen LogP contribution in [0.5, 0.6) is 0 Å². The van der Waals surface area contributed by atoms with Crippen molar-refractivity contribution in [3.63, 3.8) is 0 Å². The zero-order valence-corrected chi connectivity index (χ0v) is 12.5. The van der Waals surface area contributed by atoms with Gasteiger partial charge in [0.25, 0.3) is 0 Å². The summed E-state index contributed by atoms with van der Waals surface area (Å²) < 4.78 is 41.1. The number of rotatable bonds is 6. The fraction of sp³-hybridized carbons (Fsp3) is 0.750. The number of aliphatic hydroxyl groups is 1. The standard InChI is InChI=1S/C12H19F3N2O5/c1-5(2)7(17-11(21)12(13,14)15)9(19)16-8(6(3)18)10(20)22-4/h5-8,18H,1-4H3,(H,16,19)(H,17,21)/t6-,7+,8+/m1/s1. The molecule has 0 aliphatic rings. The number of carbonyl (C=O) groups excluding carboxylic acids is 3. The van der Waals surface area contributed by atoms with Crippen molar-refractivity contribution >= 4 is 17.8 Å². The molecule has 3 atom stereocenters. The van der Waals surface area contributed by atoms with E-state index in [1.807, 2.05) is 0 Å². The summed E-state index contributed by atoms with van der Waals surface area (Å²) in [5, 5.41) is 13.0. The minimum Gasteiger partial charge on any atom is -0.467 e. The van der Waals surface area contributed by atoms with E-state index in [-0.39, 0.29) is 0 Å². The summed E-state index contributed by atoms with van der Waals surface area (Å²) in [7, 11) is 1.02. The smallest absolute Gasteiger partial charge is 0.467 e. The Balaban J connectivity index is 5.08. The first-order valence-corrected chi connectivity index (χ1v) is 6.35. The van der Waals surface area contributed by atoms with Crippen molar-refractivity contribution < 1.29 is 37.4 Å². The lowest BCUT2D eigenvalue weighted by molar-refractivity contribution is -0.175. The van der Waals surface area contributed by atoms with E-state index < -0.39 is 48.1 Å². The summed E-state index contributed by atoms with van der Waals surface area (Å²) in [5.74, 6) is -4.96. The molecule has 0 bridgehead atoms. The Hall–Kier alpha value is -1.84. The highest BCUT2D eigenvalue weighted by atomic mass is 19.4. The van der Waals surface area contributed by atoms with Gasteiger partial charge in [-0.05, 0) is 12.8 Å². The molecule has 0 rings (SSSR count). The van der Waals surface area contributed by atoms with E-state index in [1.54, 1.807) is 5.32 Å². The molecule has 3 N–H and O–H groups in total. The number of alkyl halides is 3. The SMILES string of the molecule is COC(=O)[C@@H](NC(=O)[C@@H](NC(=O)C(F)(F)F)C(C)C)[C@@H](C)O. The molecule has 0 aliphatic carbocycles. The number of hydrogen-bond acceptors (Lipinski definition) is 5. The van der Waals surface area contributed by atoms with Crippen LogP contribution in [0.3, 0.4) is 0 Å². The number of esters is 1. The monoisotopic (exact) mass is 328 g/mol.